The van der Waals surface area contributed by atoms with Crippen LogP contribution in [0.2, 0.25) is 5.02 Å². The largest absolute Gasteiger partial charge is 0.417 e. The highest BCUT2D eigenvalue weighted by molar-refractivity contribution is 7.92. The summed E-state index contributed by atoms with van der Waals surface area (Å²) in [5.74, 6) is -0.213. The van der Waals surface area contributed by atoms with E-state index < -0.39 is 21.8 Å². The Morgan fingerprint density at radius 1 is 1.10 bits per heavy atom. The standard InChI is InChI=1S/C17H13ClF3N5O2S/c1-9-12(8-24-16(22)25-9)10-2-4-13(18)14(6-10)29(27,28)26-15-5-3-11(7-23-15)17(19,20)21/h2-8H,1H3,(H,23,26)(H2,22,24,25). The average molecular weight is 444 g/mol. The van der Waals surface area contributed by atoms with E-state index in [9.17, 15) is 21.6 Å². The molecule has 0 fully saturated rings. The first kappa shape index (κ1) is 20.8. The lowest BCUT2D eigenvalue weighted by molar-refractivity contribution is -0.137. The molecule has 0 unspecified atom stereocenters. The van der Waals surface area contributed by atoms with Crippen LogP contribution in [0.3, 0.4) is 0 Å². The third-order valence-corrected chi connectivity index (χ3v) is 5.70. The van der Waals surface area contributed by atoms with Crippen LogP contribution < -0.4 is 10.5 Å². The van der Waals surface area contributed by atoms with Crippen LogP contribution in [0.4, 0.5) is 24.9 Å². The number of benzene rings is 1. The minimum Gasteiger partial charge on any atom is -0.368 e. The molecule has 3 aromatic rings. The third-order valence-electron chi connectivity index (χ3n) is 3.86. The number of pyridine rings is 1. The second-order valence-corrected chi connectivity index (χ2v) is 7.97. The van der Waals surface area contributed by atoms with Crippen LogP contribution in [0.5, 0.6) is 0 Å². The van der Waals surface area contributed by atoms with Crippen molar-refractivity contribution in [1.29, 1.82) is 0 Å². The van der Waals surface area contributed by atoms with E-state index in [0.717, 1.165) is 12.1 Å². The van der Waals surface area contributed by atoms with Gasteiger partial charge in [-0.1, -0.05) is 17.7 Å². The number of nitrogens with zero attached hydrogens (tertiary/aromatic N) is 3. The lowest BCUT2D eigenvalue weighted by Gasteiger charge is -2.12. The van der Waals surface area contributed by atoms with Crippen molar-refractivity contribution < 1.29 is 21.6 Å². The Morgan fingerprint density at radius 2 is 1.83 bits per heavy atom. The van der Waals surface area contributed by atoms with Gasteiger partial charge in [-0.05, 0) is 36.8 Å². The molecule has 0 saturated carbocycles. The van der Waals surface area contributed by atoms with E-state index in [0.29, 0.717) is 23.0 Å². The monoisotopic (exact) mass is 443 g/mol. The predicted octanol–water partition coefficient (Wildman–Crippen LogP) is 3.90. The number of hydrogen-bond acceptors (Lipinski definition) is 6. The van der Waals surface area contributed by atoms with Crippen molar-refractivity contribution in [2.45, 2.75) is 18.0 Å². The first-order valence-corrected chi connectivity index (χ1v) is 9.78. The van der Waals surface area contributed by atoms with E-state index in [4.69, 9.17) is 17.3 Å². The maximum absolute atomic E-state index is 12.7. The van der Waals surface area contributed by atoms with Crippen LogP contribution in [-0.4, -0.2) is 23.4 Å². The molecule has 0 aliphatic rings. The molecule has 29 heavy (non-hydrogen) atoms. The minimum atomic E-state index is -4.58. The number of aromatic nitrogens is 3. The molecule has 3 rings (SSSR count). The number of halogens is 4. The molecule has 7 nitrogen and oxygen atoms in total. The Kier molecular flexibility index (Phi) is 5.37. The maximum Gasteiger partial charge on any atom is 0.417 e. The zero-order chi connectivity index (χ0) is 21.4. The molecule has 0 bridgehead atoms. The average Bonchev–Trinajstić information content (AvgIpc) is 2.62. The smallest absolute Gasteiger partial charge is 0.368 e. The number of rotatable bonds is 4. The lowest BCUT2D eigenvalue weighted by atomic mass is 10.1. The van der Waals surface area contributed by atoms with Crippen molar-refractivity contribution in [3.05, 3.63) is 59.0 Å². The molecule has 0 radical (unpaired) electrons. The summed E-state index contributed by atoms with van der Waals surface area (Å²) in [6.45, 7) is 1.68. The molecule has 1 aromatic carbocycles. The summed E-state index contributed by atoms with van der Waals surface area (Å²) < 4.78 is 65.4. The molecule has 3 N–H and O–H groups in total. The van der Waals surface area contributed by atoms with Gasteiger partial charge in [-0.2, -0.15) is 13.2 Å². The number of hydrogen-bond donors (Lipinski definition) is 2. The molecular weight excluding hydrogens is 431 g/mol. The van der Waals surface area contributed by atoms with E-state index in [2.05, 4.69) is 19.7 Å². The SMILES string of the molecule is Cc1nc(N)ncc1-c1ccc(Cl)c(S(=O)(=O)Nc2ccc(C(F)(F)F)cn2)c1. The third kappa shape index (κ3) is 4.57. The fourth-order valence-corrected chi connectivity index (χ4v) is 4.00. The van der Waals surface area contributed by atoms with Crippen LogP contribution in [-0.2, 0) is 16.2 Å². The fourth-order valence-electron chi connectivity index (χ4n) is 2.46. The Hall–Kier alpha value is -2.92. The van der Waals surface area contributed by atoms with E-state index in [1.165, 1.54) is 18.3 Å². The van der Waals surface area contributed by atoms with Crippen LogP contribution in [0.25, 0.3) is 11.1 Å². The topological polar surface area (TPSA) is 111 Å². The highest BCUT2D eigenvalue weighted by Gasteiger charge is 2.31. The van der Waals surface area contributed by atoms with Gasteiger partial charge in [0.1, 0.15) is 10.7 Å². The predicted molar refractivity (Wildman–Crippen MR) is 102 cm³/mol. The number of aryl methyl sites for hydroxylation is 1. The normalized spacial score (nSPS) is 12.0. The Morgan fingerprint density at radius 3 is 2.41 bits per heavy atom. The van der Waals surface area contributed by atoms with Gasteiger partial charge >= 0.3 is 6.18 Å². The van der Waals surface area contributed by atoms with E-state index >= 15 is 0 Å². The van der Waals surface area contributed by atoms with Crippen molar-refractivity contribution >= 4 is 33.4 Å². The summed E-state index contributed by atoms with van der Waals surface area (Å²) >= 11 is 6.04. The Balaban J connectivity index is 1.96. The molecule has 152 valence electrons. The highest BCUT2D eigenvalue weighted by Crippen LogP contribution is 2.31. The molecule has 2 heterocycles. The second kappa shape index (κ2) is 7.48. The molecule has 12 heteroatoms. The summed E-state index contributed by atoms with van der Waals surface area (Å²) in [6, 6.07) is 5.89. The number of sulfonamides is 1. The van der Waals surface area contributed by atoms with Crippen LogP contribution in [0.15, 0.2) is 47.6 Å². The van der Waals surface area contributed by atoms with Crippen molar-refractivity contribution in [1.82, 2.24) is 15.0 Å². The second-order valence-electron chi connectivity index (χ2n) is 5.91. The van der Waals surface area contributed by atoms with E-state index in [1.54, 1.807) is 13.0 Å². The van der Waals surface area contributed by atoms with Gasteiger partial charge in [-0.3, -0.25) is 4.72 Å². The van der Waals surface area contributed by atoms with Crippen molar-refractivity contribution in [3.63, 3.8) is 0 Å². The van der Waals surface area contributed by atoms with Gasteiger partial charge in [0.25, 0.3) is 10.0 Å². The molecule has 0 aliphatic heterocycles. The summed E-state index contributed by atoms with van der Waals surface area (Å²) in [7, 11) is -4.24. The molecule has 2 aromatic heterocycles. The van der Waals surface area contributed by atoms with Crippen molar-refractivity contribution in [3.8, 4) is 11.1 Å². The first-order valence-electron chi connectivity index (χ1n) is 7.92. The Labute approximate surface area is 168 Å². The van der Waals surface area contributed by atoms with Gasteiger partial charge in [0.2, 0.25) is 5.95 Å². The lowest BCUT2D eigenvalue weighted by Crippen LogP contribution is -2.15. The summed E-state index contributed by atoms with van der Waals surface area (Å²) in [4.78, 5) is 11.1. The number of nitrogen functional groups attached to an aromatic ring is 1. The quantitative estimate of drug-likeness (QED) is 0.632. The van der Waals surface area contributed by atoms with Crippen LogP contribution in [0.1, 0.15) is 11.3 Å². The van der Waals surface area contributed by atoms with Gasteiger partial charge in [-0.15, -0.1) is 0 Å². The van der Waals surface area contributed by atoms with Gasteiger partial charge in [0.15, 0.2) is 0 Å². The van der Waals surface area contributed by atoms with Crippen LogP contribution >= 0.6 is 11.6 Å². The number of alkyl halides is 3. The van der Waals surface area contributed by atoms with E-state index in [1.807, 2.05) is 0 Å². The molecular formula is C17H13ClF3N5O2S. The fraction of sp³-hybridized carbons (Fsp3) is 0.118. The molecule has 0 spiro atoms. The number of nitrogens with one attached hydrogen (secondary N) is 1. The first-order chi connectivity index (χ1) is 13.5. The number of nitrogens with two attached hydrogens (primary N) is 1. The van der Waals surface area contributed by atoms with Gasteiger partial charge in [0.05, 0.1) is 16.3 Å². The molecule has 0 aliphatic carbocycles. The van der Waals surface area contributed by atoms with Gasteiger partial charge < -0.3 is 5.73 Å². The maximum atomic E-state index is 12.7. The van der Waals surface area contributed by atoms with E-state index in [-0.39, 0.29) is 21.7 Å². The minimum absolute atomic E-state index is 0.0723. The van der Waals surface area contributed by atoms with Gasteiger partial charge in [-0.25, -0.2) is 23.4 Å². The zero-order valence-electron chi connectivity index (χ0n) is 14.7. The summed E-state index contributed by atoms with van der Waals surface area (Å²) in [5, 5.41) is -0.0813. The molecule has 0 amide bonds. The highest BCUT2D eigenvalue weighted by atomic mass is 35.5. The molecule has 0 atom stereocenters. The van der Waals surface area contributed by atoms with Crippen molar-refractivity contribution in [2.24, 2.45) is 0 Å². The van der Waals surface area contributed by atoms with Crippen molar-refractivity contribution in [2.75, 3.05) is 10.5 Å². The van der Waals surface area contributed by atoms with Crippen LogP contribution in [0, 0.1) is 6.92 Å². The summed E-state index contributed by atoms with van der Waals surface area (Å²) in [6.07, 6.45) is -2.60. The Bertz CT molecular complexity index is 1170. The number of anilines is 2. The summed E-state index contributed by atoms with van der Waals surface area (Å²) in [5.41, 5.74) is 6.06. The molecule has 0 saturated heterocycles. The zero-order valence-corrected chi connectivity index (χ0v) is 16.3. The van der Waals surface area contributed by atoms with Gasteiger partial charge in [0, 0.05) is 18.0 Å².